The monoisotopic (exact) mass is 427 g/mol. The maximum atomic E-state index is 13.4. The standard InChI is InChI=1S/C23H30FN5O2/c1-23(2,3)26-21(30)22(31)29(19-8-6-18(24)7-9-19)16-17-5-10-20(25-15-17)28-13-11-27(4)12-14-28/h5-10,15H,11-14,16H2,1-4H3,(H,26,30). The summed E-state index contributed by atoms with van der Waals surface area (Å²) in [7, 11) is 2.10. The van der Waals surface area contributed by atoms with Crippen molar-refractivity contribution >= 4 is 23.3 Å². The summed E-state index contributed by atoms with van der Waals surface area (Å²) in [5, 5.41) is 2.69. The minimum Gasteiger partial charge on any atom is -0.354 e. The van der Waals surface area contributed by atoms with Crippen LogP contribution < -0.4 is 15.1 Å². The first-order valence-electron chi connectivity index (χ1n) is 10.4. The molecule has 3 rings (SSSR count). The Hall–Kier alpha value is -3.00. The third-order valence-corrected chi connectivity index (χ3v) is 5.04. The molecule has 1 aliphatic heterocycles. The van der Waals surface area contributed by atoms with Gasteiger partial charge >= 0.3 is 11.8 Å². The largest absolute Gasteiger partial charge is 0.354 e. The molecule has 0 radical (unpaired) electrons. The van der Waals surface area contributed by atoms with E-state index < -0.39 is 23.2 Å². The first-order valence-corrected chi connectivity index (χ1v) is 10.4. The summed E-state index contributed by atoms with van der Waals surface area (Å²) in [5.41, 5.74) is 0.671. The van der Waals surface area contributed by atoms with Crippen molar-refractivity contribution in [3.8, 4) is 0 Å². The van der Waals surface area contributed by atoms with E-state index in [0.717, 1.165) is 37.6 Å². The van der Waals surface area contributed by atoms with Gasteiger partial charge in [0.15, 0.2) is 0 Å². The number of nitrogens with zero attached hydrogens (tertiary/aromatic N) is 4. The van der Waals surface area contributed by atoms with Gasteiger partial charge in [-0.3, -0.25) is 14.5 Å². The van der Waals surface area contributed by atoms with Crippen LogP contribution in [0, 0.1) is 5.82 Å². The lowest BCUT2D eigenvalue weighted by Gasteiger charge is -2.33. The molecule has 2 amide bonds. The Labute approximate surface area is 182 Å². The molecule has 0 saturated carbocycles. The molecule has 1 aromatic heterocycles. The minimum absolute atomic E-state index is 0.151. The number of carbonyl (C=O) groups excluding carboxylic acids is 2. The number of piperazine rings is 1. The van der Waals surface area contributed by atoms with Gasteiger partial charge in [-0.25, -0.2) is 9.37 Å². The third-order valence-electron chi connectivity index (χ3n) is 5.04. The van der Waals surface area contributed by atoms with Gasteiger partial charge in [-0.05, 0) is 63.7 Å². The van der Waals surface area contributed by atoms with E-state index in [0.29, 0.717) is 5.69 Å². The second-order valence-electron chi connectivity index (χ2n) is 8.89. The first kappa shape index (κ1) is 22.7. The fourth-order valence-corrected chi connectivity index (χ4v) is 3.33. The number of amides is 2. The smallest absolute Gasteiger partial charge is 0.316 e. The Kier molecular flexibility index (Phi) is 6.90. The Balaban J connectivity index is 1.78. The lowest BCUT2D eigenvalue weighted by Crippen LogP contribution is -2.49. The molecule has 2 heterocycles. The first-order chi connectivity index (χ1) is 14.6. The molecular formula is C23H30FN5O2. The van der Waals surface area contributed by atoms with Crippen molar-refractivity contribution in [2.75, 3.05) is 43.0 Å². The van der Waals surface area contributed by atoms with Crippen molar-refractivity contribution in [2.24, 2.45) is 0 Å². The summed E-state index contributed by atoms with van der Waals surface area (Å²) in [6.07, 6.45) is 1.72. The van der Waals surface area contributed by atoms with Crippen LogP contribution in [0.15, 0.2) is 42.6 Å². The van der Waals surface area contributed by atoms with E-state index in [1.165, 1.54) is 29.2 Å². The molecule has 2 aromatic rings. The van der Waals surface area contributed by atoms with Crippen LogP contribution in [0.4, 0.5) is 15.9 Å². The van der Waals surface area contributed by atoms with Crippen LogP contribution >= 0.6 is 0 Å². The number of rotatable bonds is 4. The van der Waals surface area contributed by atoms with Gasteiger partial charge in [0, 0.05) is 43.6 Å². The van der Waals surface area contributed by atoms with Crippen LogP contribution in [-0.2, 0) is 16.1 Å². The highest BCUT2D eigenvalue weighted by Gasteiger charge is 2.27. The predicted molar refractivity (Wildman–Crippen MR) is 119 cm³/mol. The number of likely N-dealkylation sites (N-methyl/N-ethyl adjacent to an activating group) is 1. The van der Waals surface area contributed by atoms with Crippen molar-refractivity contribution in [3.63, 3.8) is 0 Å². The second kappa shape index (κ2) is 9.43. The predicted octanol–water partition coefficient (Wildman–Crippen LogP) is 2.42. The molecule has 31 heavy (non-hydrogen) atoms. The van der Waals surface area contributed by atoms with Gasteiger partial charge in [-0.2, -0.15) is 0 Å². The second-order valence-corrected chi connectivity index (χ2v) is 8.89. The zero-order chi connectivity index (χ0) is 22.6. The van der Waals surface area contributed by atoms with Crippen molar-refractivity contribution < 1.29 is 14.0 Å². The topological polar surface area (TPSA) is 68.8 Å². The molecule has 8 heteroatoms. The Bertz CT molecular complexity index is 901. The van der Waals surface area contributed by atoms with Crippen LogP contribution in [0.3, 0.4) is 0 Å². The minimum atomic E-state index is -0.709. The number of benzene rings is 1. The summed E-state index contributed by atoms with van der Waals surface area (Å²) < 4.78 is 13.4. The quantitative estimate of drug-likeness (QED) is 0.759. The van der Waals surface area contributed by atoms with Crippen LogP contribution in [0.1, 0.15) is 26.3 Å². The molecule has 0 spiro atoms. The summed E-state index contributed by atoms with van der Waals surface area (Å²) in [6.45, 7) is 9.37. The highest BCUT2D eigenvalue weighted by atomic mass is 19.1. The average Bonchev–Trinajstić information content (AvgIpc) is 2.72. The fourth-order valence-electron chi connectivity index (χ4n) is 3.33. The van der Waals surface area contributed by atoms with Gasteiger partial charge in [0.25, 0.3) is 0 Å². The fraction of sp³-hybridized carbons (Fsp3) is 0.435. The number of anilines is 2. The Morgan fingerprint density at radius 3 is 2.26 bits per heavy atom. The summed E-state index contributed by atoms with van der Waals surface area (Å²) in [4.78, 5) is 35.9. The average molecular weight is 428 g/mol. The number of aromatic nitrogens is 1. The highest BCUT2D eigenvalue weighted by molar-refractivity contribution is 6.40. The van der Waals surface area contributed by atoms with Gasteiger partial charge in [-0.15, -0.1) is 0 Å². The van der Waals surface area contributed by atoms with Gasteiger partial charge in [0.2, 0.25) is 0 Å². The van der Waals surface area contributed by atoms with Crippen molar-refractivity contribution in [1.29, 1.82) is 0 Å². The SMILES string of the molecule is CN1CCN(c2ccc(CN(C(=O)C(=O)NC(C)(C)C)c3ccc(F)cc3)cn2)CC1. The van der Waals surface area contributed by atoms with Crippen LogP contribution in [-0.4, -0.2) is 60.5 Å². The van der Waals surface area contributed by atoms with E-state index in [4.69, 9.17) is 0 Å². The van der Waals surface area contributed by atoms with E-state index in [9.17, 15) is 14.0 Å². The normalized spacial score (nSPS) is 14.9. The molecule has 1 aromatic carbocycles. The molecule has 7 nitrogen and oxygen atoms in total. The van der Waals surface area contributed by atoms with E-state index in [-0.39, 0.29) is 6.54 Å². The van der Waals surface area contributed by atoms with E-state index in [1.807, 2.05) is 12.1 Å². The number of hydrogen-bond donors (Lipinski definition) is 1. The molecule has 1 fully saturated rings. The lowest BCUT2D eigenvalue weighted by molar-refractivity contribution is -0.138. The van der Waals surface area contributed by atoms with Crippen LogP contribution in [0.5, 0.6) is 0 Å². The zero-order valence-electron chi connectivity index (χ0n) is 18.6. The highest BCUT2D eigenvalue weighted by Crippen LogP contribution is 2.20. The maximum Gasteiger partial charge on any atom is 0.316 e. The number of halogens is 1. The molecule has 0 unspecified atom stereocenters. The maximum absolute atomic E-state index is 13.4. The van der Waals surface area contributed by atoms with Crippen molar-refractivity contribution in [3.05, 3.63) is 54.0 Å². The Morgan fingerprint density at radius 2 is 1.71 bits per heavy atom. The van der Waals surface area contributed by atoms with Gasteiger partial charge < -0.3 is 15.1 Å². The van der Waals surface area contributed by atoms with E-state index in [1.54, 1.807) is 27.0 Å². The molecule has 0 atom stereocenters. The molecular weight excluding hydrogens is 397 g/mol. The van der Waals surface area contributed by atoms with Gasteiger partial charge in [-0.1, -0.05) is 6.07 Å². The molecule has 166 valence electrons. The number of carbonyl (C=O) groups is 2. The summed E-state index contributed by atoms with van der Waals surface area (Å²) in [5.74, 6) is -0.931. The number of pyridine rings is 1. The molecule has 0 aliphatic carbocycles. The Morgan fingerprint density at radius 1 is 1.06 bits per heavy atom. The van der Waals surface area contributed by atoms with E-state index >= 15 is 0 Å². The van der Waals surface area contributed by atoms with Crippen LogP contribution in [0.25, 0.3) is 0 Å². The van der Waals surface area contributed by atoms with Gasteiger partial charge in [0.1, 0.15) is 11.6 Å². The number of hydrogen-bond acceptors (Lipinski definition) is 5. The van der Waals surface area contributed by atoms with Crippen molar-refractivity contribution in [2.45, 2.75) is 32.9 Å². The lowest BCUT2D eigenvalue weighted by atomic mass is 10.1. The summed E-state index contributed by atoms with van der Waals surface area (Å²) >= 11 is 0. The number of nitrogens with one attached hydrogen (secondary N) is 1. The third kappa shape index (κ3) is 6.24. The summed E-state index contributed by atoms with van der Waals surface area (Å²) in [6, 6.07) is 9.36. The molecule has 1 saturated heterocycles. The molecule has 0 bridgehead atoms. The van der Waals surface area contributed by atoms with Crippen molar-refractivity contribution in [1.82, 2.24) is 15.2 Å². The zero-order valence-corrected chi connectivity index (χ0v) is 18.6. The molecule has 1 N–H and O–H groups in total. The van der Waals surface area contributed by atoms with E-state index in [2.05, 4.69) is 27.1 Å². The van der Waals surface area contributed by atoms with Crippen LogP contribution in [0.2, 0.25) is 0 Å². The van der Waals surface area contributed by atoms with Gasteiger partial charge in [0.05, 0.1) is 6.54 Å². The molecule has 1 aliphatic rings.